The van der Waals surface area contributed by atoms with Crippen molar-refractivity contribution in [3.05, 3.63) is 30.1 Å². The third kappa shape index (κ3) is 2.55. The van der Waals surface area contributed by atoms with Crippen LogP contribution in [0, 0.1) is 5.92 Å². The van der Waals surface area contributed by atoms with Gasteiger partial charge in [-0.2, -0.15) is 0 Å². The average Bonchev–Trinajstić information content (AvgIpc) is 2.31. The van der Waals surface area contributed by atoms with Crippen molar-refractivity contribution in [2.75, 3.05) is 20.2 Å². The van der Waals surface area contributed by atoms with Crippen LogP contribution in [0.5, 0.6) is 0 Å². The molecular formula is C12H18N2O. The van der Waals surface area contributed by atoms with Crippen molar-refractivity contribution in [3.8, 4) is 0 Å². The van der Waals surface area contributed by atoms with Crippen molar-refractivity contribution < 1.29 is 4.74 Å². The summed E-state index contributed by atoms with van der Waals surface area (Å²) >= 11 is 0. The quantitative estimate of drug-likeness (QED) is 0.818. The lowest BCUT2D eigenvalue weighted by molar-refractivity contribution is -0.0274. The lowest BCUT2D eigenvalue weighted by atomic mass is 9.90. The van der Waals surface area contributed by atoms with Gasteiger partial charge in [-0.3, -0.25) is 4.98 Å². The third-order valence-corrected chi connectivity index (χ3v) is 2.92. The molecule has 1 aliphatic rings. The predicted octanol–water partition coefficient (Wildman–Crippen LogP) is 1.77. The van der Waals surface area contributed by atoms with E-state index >= 15 is 0 Å². The topological polar surface area (TPSA) is 34.1 Å². The molecule has 1 N–H and O–H groups in total. The maximum absolute atomic E-state index is 5.85. The zero-order valence-electron chi connectivity index (χ0n) is 9.15. The molecular weight excluding hydrogens is 188 g/mol. The molecule has 2 atom stereocenters. The number of rotatable bonds is 3. The Morgan fingerprint density at radius 2 is 2.53 bits per heavy atom. The van der Waals surface area contributed by atoms with E-state index in [2.05, 4.69) is 16.4 Å². The SMILES string of the molecule is CNCC1CCCOC1c1cccnc1. The molecule has 1 saturated heterocycles. The standard InChI is InChI=1S/C12H18N2O/c1-13-8-10-5-3-7-15-12(10)11-4-2-6-14-9-11/h2,4,6,9-10,12-13H,3,5,7-8H2,1H3. The second-order valence-corrected chi connectivity index (χ2v) is 4.04. The zero-order valence-corrected chi connectivity index (χ0v) is 9.15. The van der Waals surface area contributed by atoms with E-state index in [9.17, 15) is 0 Å². The molecule has 1 aliphatic heterocycles. The van der Waals surface area contributed by atoms with Gasteiger partial charge in [0.05, 0.1) is 6.10 Å². The van der Waals surface area contributed by atoms with Gasteiger partial charge in [-0.1, -0.05) is 6.07 Å². The molecule has 0 radical (unpaired) electrons. The fraction of sp³-hybridized carbons (Fsp3) is 0.583. The Bertz CT molecular complexity index is 287. The highest BCUT2D eigenvalue weighted by molar-refractivity contribution is 5.13. The second-order valence-electron chi connectivity index (χ2n) is 4.04. The van der Waals surface area contributed by atoms with Crippen LogP contribution in [-0.2, 0) is 4.74 Å². The van der Waals surface area contributed by atoms with Gasteiger partial charge < -0.3 is 10.1 Å². The Kier molecular flexibility index (Phi) is 3.69. The van der Waals surface area contributed by atoms with E-state index in [0.29, 0.717) is 5.92 Å². The van der Waals surface area contributed by atoms with Crippen molar-refractivity contribution >= 4 is 0 Å². The highest BCUT2D eigenvalue weighted by atomic mass is 16.5. The molecule has 2 rings (SSSR count). The third-order valence-electron chi connectivity index (χ3n) is 2.92. The van der Waals surface area contributed by atoms with Crippen LogP contribution in [-0.4, -0.2) is 25.2 Å². The van der Waals surface area contributed by atoms with Gasteiger partial charge in [0.1, 0.15) is 0 Å². The van der Waals surface area contributed by atoms with E-state index in [1.165, 1.54) is 18.4 Å². The van der Waals surface area contributed by atoms with Crippen LogP contribution in [0.25, 0.3) is 0 Å². The largest absolute Gasteiger partial charge is 0.373 e. The molecule has 15 heavy (non-hydrogen) atoms. The Balaban J connectivity index is 2.11. The van der Waals surface area contributed by atoms with E-state index in [0.717, 1.165) is 13.2 Å². The molecule has 0 bridgehead atoms. The highest BCUT2D eigenvalue weighted by Gasteiger charge is 2.26. The van der Waals surface area contributed by atoms with Crippen LogP contribution in [0.4, 0.5) is 0 Å². The molecule has 3 heteroatoms. The molecule has 0 aromatic carbocycles. The number of hydrogen-bond acceptors (Lipinski definition) is 3. The molecule has 0 aliphatic carbocycles. The maximum atomic E-state index is 5.85. The van der Waals surface area contributed by atoms with Crippen molar-refractivity contribution in [1.82, 2.24) is 10.3 Å². The van der Waals surface area contributed by atoms with Gasteiger partial charge >= 0.3 is 0 Å². The molecule has 1 fully saturated rings. The minimum Gasteiger partial charge on any atom is -0.373 e. The Morgan fingerprint density at radius 1 is 1.60 bits per heavy atom. The van der Waals surface area contributed by atoms with E-state index in [-0.39, 0.29) is 6.10 Å². The summed E-state index contributed by atoms with van der Waals surface area (Å²) in [6, 6.07) is 4.08. The summed E-state index contributed by atoms with van der Waals surface area (Å²) in [4.78, 5) is 4.15. The Labute approximate surface area is 90.9 Å². The number of nitrogens with zero attached hydrogens (tertiary/aromatic N) is 1. The summed E-state index contributed by atoms with van der Waals surface area (Å²) < 4.78 is 5.85. The summed E-state index contributed by atoms with van der Waals surface area (Å²) in [5, 5.41) is 3.24. The van der Waals surface area contributed by atoms with E-state index in [1.807, 2.05) is 19.3 Å². The van der Waals surface area contributed by atoms with Crippen LogP contribution < -0.4 is 5.32 Å². The van der Waals surface area contributed by atoms with Crippen molar-refractivity contribution in [2.24, 2.45) is 5.92 Å². The number of aromatic nitrogens is 1. The van der Waals surface area contributed by atoms with Gasteiger partial charge in [-0.15, -0.1) is 0 Å². The van der Waals surface area contributed by atoms with Gasteiger partial charge in [0.2, 0.25) is 0 Å². The zero-order chi connectivity index (χ0) is 10.5. The number of ether oxygens (including phenoxy) is 1. The van der Waals surface area contributed by atoms with Crippen molar-refractivity contribution in [3.63, 3.8) is 0 Å². The van der Waals surface area contributed by atoms with Crippen molar-refractivity contribution in [2.45, 2.75) is 18.9 Å². The first-order valence-corrected chi connectivity index (χ1v) is 5.58. The summed E-state index contributed by atoms with van der Waals surface area (Å²) in [6.07, 6.45) is 6.35. The van der Waals surface area contributed by atoms with Crippen LogP contribution in [0.3, 0.4) is 0 Å². The molecule has 0 saturated carbocycles. The van der Waals surface area contributed by atoms with Gasteiger partial charge in [0.25, 0.3) is 0 Å². The molecule has 0 spiro atoms. The van der Waals surface area contributed by atoms with Crippen LogP contribution in [0.2, 0.25) is 0 Å². The lowest BCUT2D eigenvalue weighted by Crippen LogP contribution is -2.30. The molecule has 3 nitrogen and oxygen atoms in total. The molecule has 0 amide bonds. The summed E-state index contributed by atoms with van der Waals surface area (Å²) in [7, 11) is 1.99. The number of pyridine rings is 1. The Morgan fingerprint density at radius 3 is 3.27 bits per heavy atom. The maximum Gasteiger partial charge on any atom is 0.0880 e. The minimum atomic E-state index is 0.222. The van der Waals surface area contributed by atoms with Gasteiger partial charge in [-0.25, -0.2) is 0 Å². The predicted molar refractivity (Wildman–Crippen MR) is 59.6 cm³/mol. The molecule has 2 unspecified atom stereocenters. The fourth-order valence-corrected chi connectivity index (χ4v) is 2.23. The van der Waals surface area contributed by atoms with Crippen LogP contribution in [0.1, 0.15) is 24.5 Å². The Hall–Kier alpha value is -0.930. The van der Waals surface area contributed by atoms with Gasteiger partial charge in [0.15, 0.2) is 0 Å². The van der Waals surface area contributed by atoms with Gasteiger partial charge in [-0.05, 0) is 31.5 Å². The van der Waals surface area contributed by atoms with Crippen LogP contribution >= 0.6 is 0 Å². The van der Waals surface area contributed by atoms with E-state index in [1.54, 1.807) is 6.20 Å². The first kappa shape index (κ1) is 10.6. The lowest BCUT2D eigenvalue weighted by Gasteiger charge is -2.31. The minimum absolute atomic E-state index is 0.222. The van der Waals surface area contributed by atoms with Crippen LogP contribution in [0.15, 0.2) is 24.5 Å². The smallest absolute Gasteiger partial charge is 0.0880 e. The van der Waals surface area contributed by atoms with Gasteiger partial charge in [0, 0.05) is 31.5 Å². The normalized spacial score (nSPS) is 26.5. The first-order valence-electron chi connectivity index (χ1n) is 5.58. The highest BCUT2D eigenvalue weighted by Crippen LogP contribution is 2.32. The monoisotopic (exact) mass is 206 g/mol. The molecule has 1 aromatic heterocycles. The number of nitrogens with one attached hydrogen (secondary N) is 1. The van der Waals surface area contributed by atoms with E-state index < -0.39 is 0 Å². The first-order chi connectivity index (χ1) is 7.42. The molecule has 1 aromatic rings. The van der Waals surface area contributed by atoms with E-state index in [4.69, 9.17) is 4.74 Å². The fourth-order valence-electron chi connectivity index (χ4n) is 2.23. The summed E-state index contributed by atoms with van der Waals surface area (Å²) in [6.45, 7) is 1.89. The molecule has 2 heterocycles. The van der Waals surface area contributed by atoms with Crippen molar-refractivity contribution in [1.29, 1.82) is 0 Å². The summed E-state index contributed by atoms with van der Waals surface area (Å²) in [5.41, 5.74) is 1.21. The molecule has 82 valence electrons. The summed E-state index contributed by atoms with van der Waals surface area (Å²) in [5.74, 6) is 0.577. The second kappa shape index (κ2) is 5.24. The number of hydrogen-bond donors (Lipinski definition) is 1. The average molecular weight is 206 g/mol.